The fourth-order valence-electron chi connectivity index (χ4n) is 4.10. The minimum absolute atomic E-state index is 0.148. The molecule has 2 amide bonds. The molecular formula is C24H26N4O2S. The van der Waals surface area contributed by atoms with Gasteiger partial charge in [0.25, 0.3) is 5.91 Å². The number of carbonyl (C=O) groups is 2. The van der Waals surface area contributed by atoms with Crippen LogP contribution in [0.2, 0.25) is 0 Å². The number of nitrogens with zero attached hydrogens (tertiary/aromatic N) is 3. The molecule has 0 radical (unpaired) electrons. The van der Waals surface area contributed by atoms with E-state index in [1.807, 2.05) is 60.7 Å². The third-order valence-electron chi connectivity index (χ3n) is 5.66. The summed E-state index contributed by atoms with van der Waals surface area (Å²) in [6, 6.07) is 18.6. The van der Waals surface area contributed by atoms with Gasteiger partial charge in [-0.2, -0.15) is 0 Å². The second kappa shape index (κ2) is 10.3. The first-order valence-corrected chi connectivity index (χ1v) is 11.5. The monoisotopic (exact) mass is 434 g/mol. The Morgan fingerprint density at radius 3 is 2.32 bits per heavy atom. The maximum atomic E-state index is 13.6. The maximum Gasteiger partial charge on any atom is 0.276 e. The molecule has 0 aliphatic heterocycles. The molecule has 1 saturated carbocycles. The number of amides is 2. The number of rotatable bonds is 7. The molecule has 1 aromatic heterocycles. The van der Waals surface area contributed by atoms with Crippen LogP contribution in [-0.4, -0.2) is 32.3 Å². The van der Waals surface area contributed by atoms with Crippen LogP contribution < -0.4 is 5.32 Å². The van der Waals surface area contributed by atoms with E-state index < -0.39 is 6.04 Å². The van der Waals surface area contributed by atoms with Gasteiger partial charge in [0.2, 0.25) is 5.91 Å². The Morgan fingerprint density at radius 2 is 1.68 bits per heavy atom. The summed E-state index contributed by atoms with van der Waals surface area (Å²) in [6.45, 7) is 0.300. The van der Waals surface area contributed by atoms with Gasteiger partial charge in [0.05, 0.1) is 0 Å². The van der Waals surface area contributed by atoms with Crippen molar-refractivity contribution in [2.75, 3.05) is 0 Å². The summed E-state index contributed by atoms with van der Waals surface area (Å²) in [5.41, 5.74) is 1.99. The fourth-order valence-corrected chi connectivity index (χ4v) is 4.53. The maximum absolute atomic E-state index is 13.6. The van der Waals surface area contributed by atoms with E-state index in [1.165, 1.54) is 6.42 Å². The van der Waals surface area contributed by atoms with Crippen molar-refractivity contribution in [2.24, 2.45) is 0 Å². The predicted octanol–water partition coefficient (Wildman–Crippen LogP) is 4.37. The number of hydrogen-bond donors (Lipinski definition) is 1. The topological polar surface area (TPSA) is 75.2 Å². The molecule has 1 aliphatic carbocycles. The van der Waals surface area contributed by atoms with Crippen LogP contribution in [0.1, 0.15) is 59.8 Å². The summed E-state index contributed by atoms with van der Waals surface area (Å²) in [7, 11) is 0. The number of benzene rings is 2. The van der Waals surface area contributed by atoms with Gasteiger partial charge in [-0.25, -0.2) is 0 Å². The van der Waals surface area contributed by atoms with E-state index in [9.17, 15) is 9.59 Å². The van der Waals surface area contributed by atoms with Gasteiger partial charge in [-0.15, -0.1) is 5.10 Å². The molecule has 6 nitrogen and oxygen atoms in total. The second-order valence-electron chi connectivity index (χ2n) is 7.87. The lowest BCUT2D eigenvalue weighted by atomic mass is 9.94. The van der Waals surface area contributed by atoms with Crippen LogP contribution in [-0.2, 0) is 11.3 Å². The SMILES string of the molecule is O=C(NC1CCCCC1)C(c1ccccc1)N(Cc1ccccc1)C(=O)c1csnn1. The fraction of sp³-hybridized carbons (Fsp3) is 0.333. The van der Waals surface area contributed by atoms with Crippen LogP contribution in [0.4, 0.5) is 0 Å². The number of aromatic nitrogens is 2. The van der Waals surface area contributed by atoms with Crippen LogP contribution in [0.3, 0.4) is 0 Å². The Bertz CT molecular complexity index is 973. The van der Waals surface area contributed by atoms with Gasteiger partial charge in [-0.1, -0.05) is 84.4 Å². The van der Waals surface area contributed by atoms with Crippen molar-refractivity contribution in [3.63, 3.8) is 0 Å². The number of carbonyl (C=O) groups excluding carboxylic acids is 2. The van der Waals surface area contributed by atoms with Crippen LogP contribution in [0, 0.1) is 0 Å². The first kappa shape index (κ1) is 21.2. The van der Waals surface area contributed by atoms with Crippen molar-refractivity contribution in [1.82, 2.24) is 19.8 Å². The lowest BCUT2D eigenvalue weighted by molar-refractivity contribution is -0.127. The molecule has 1 N–H and O–H groups in total. The molecule has 2 aromatic carbocycles. The second-order valence-corrected chi connectivity index (χ2v) is 8.48. The third kappa shape index (κ3) is 5.35. The van der Waals surface area contributed by atoms with Crippen molar-refractivity contribution in [1.29, 1.82) is 0 Å². The molecular weight excluding hydrogens is 408 g/mol. The summed E-state index contributed by atoms with van der Waals surface area (Å²) in [6.07, 6.45) is 5.42. The molecule has 31 heavy (non-hydrogen) atoms. The zero-order valence-corrected chi connectivity index (χ0v) is 18.1. The van der Waals surface area contributed by atoms with E-state index in [4.69, 9.17) is 0 Å². The Kier molecular flexibility index (Phi) is 7.04. The predicted molar refractivity (Wildman–Crippen MR) is 120 cm³/mol. The molecule has 0 bridgehead atoms. The van der Waals surface area contributed by atoms with E-state index in [-0.39, 0.29) is 23.6 Å². The summed E-state index contributed by atoms with van der Waals surface area (Å²) in [5, 5.41) is 8.82. The molecule has 0 saturated heterocycles. The minimum Gasteiger partial charge on any atom is -0.351 e. The third-order valence-corrected chi connectivity index (χ3v) is 6.17. The lowest BCUT2D eigenvalue weighted by Gasteiger charge is -2.33. The van der Waals surface area contributed by atoms with Gasteiger partial charge in [-0.3, -0.25) is 9.59 Å². The zero-order valence-electron chi connectivity index (χ0n) is 17.3. The molecule has 160 valence electrons. The Morgan fingerprint density at radius 1 is 1.00 bits per heavy atom. The first-order valence-electron chi connectivity index (χ1n) is 10.7. The van der Waals surface area contributed by atoms with Gasteiger partial charge < -0.3 is 10.2 Å². The van der Waals surface area contributed by atoms with Crippen molar-refractivity contribution in [3.8, 4) is 0 Å². The van der Waals surface area contributed by atoms with Gasteiger partial charge in [0, 0.05) is 18.0 Å². The standard InChI is InChI=1S/C24H26N4O2S/c29-23(25-20-14-8-3-9-15-20)22(19-12-6-2-7-13-19)28(16-18-10-4-1-5-11-18)24(30)21-17-31-27-26-21/h1-2,4-7,10-13,17,20,22H,3,8-9,14-16H2,(H,25,29). The van der Waals surface area contributed by atoms with E-state index >= 15 is 0 Å². The van der Waals surface area contributed by atoms with Crippen LogP contribution in [0.5, 0.6) is 0 Å². The smallest absolute Gasteiger partial charge is 0.276 e. The summed E-state index contributed by atoms with van der Waals surface area (Å²) in [5.74, 6) is -0.448. The largest absolute Gasteiger partial charge is 0.351 e. The van der Waals surface area contributed by atoms with Crippen molar-refractivity contribution < 1.29 is 9.59 Å². The van der Waals surface area contributed by atoms with Crippen LogP contribution in [0.25, 0.3) is 0 Å². The quantitative estimate of drug-likeness (QED) is 0.599. The summed E-state index contributed by atoms with van der Waals surface area (Å²) >= 11 is 1.13. The number of nitrogens with one attached hydrogen (secondary N) is 1. The Balaban J connectivity index is 1.69. The molecule has 0 spiro atoms. The summed E-state index contributed by atoms with van der Waals surface area (Å²) < 4.78 is 3.85. The molecule has 7 heteroatoms. The average molecular weight is 435 g/mol. The Labute approximate surface area is 186 Å². The van der Waals surface area contributed by atoms with Crippen LogP contribution >= 0.6 is 11.5 Å². The zero-order chi connectivity index (χ0) is 21.5. The van der Waals surface area contributed by atoms with Gasteiger partial charge in [-0.05, 0) is 35.5 Å². The summed E-state index contributed by atoms with van der Waals surface area (Å²) in [4.78, 5) is 28.7. The molecule has 1 fully saturated rings. The highest BCUT2D eigenvalue weighted by molar-refractivity contribution is 7.03. The van der Waals surface area contributed by atoms with Crippen molar-refractivity contribution >= 4 is 23.3 Å². The van der Waals surface area contributed by atoms with E-state index in [0.29, 0.717) is 6.54 Å². The van der Waals surface area contributed by atoms with Gasteiger partial charge in [0.1, 0.15) is 6.04 Å². The van der Waals surface area contributed by atoms with E-state index in [0.717, 1.165) is 48.3 Å². The average Bonchev–Trinajstić information content (AvgIpc) is 3.35. The minimum atomic E-state index is -0.752. The van der Waals surface area contributed by atoms with Crippen LogP contribution in [0.15, 0.2) is 66.0 Å². The van der Waals surface area contributed by atoms with Crippen molar-refractivity contribution in [2.45, 2.75) is 50.7 Å². The van der Waals surface area contributed by atoms with Gasteiger partial charge >= 0.3 is 0 Å². The van der Waals surface area contributed by atoms with E-state index in [1.54, 1.807) is 10.3 Å². The molecule has 3 aromatic rings. The molecule has 4 rings (SSSR count). The molecule has 1 atom stereocenters. The molecule has 1 unspecified atom stereocenters. The lowest BCUT2D eigenvalue weighted by Crippen LogP contribution is -2.47. The Hall–Kier alpha value is -3.06. The highest BCUT2D eigenvalue weighted by Gasteiger charge is 2.34. The van der Waals surface area contributed by atoms with Crippen molar-refractivity contribution in [3.05, 3.63) is 82.9 Å². The van der Waals surface area contributed by atoms with E-state index in [2.05, 4.69) is 14.9 Å². The molecule has 1 heterocycles. The highest BCUT2D eigenvalue weighted by Crippen LogP contribution is 2.27. The van der Waals surface area contributed by atoms with Gasteiger partial charge in [0.15, 0.2) is 5.69 Å². The normalized spacial score (nSPS) is 15.2. The highest BCUT2D eigenvalue weighted by atomic mass is 32.1. The first-order chi connectivity index (χ1) is 15.2. The molecule has 1 aliphatic rings. The number of hydrogen-bond acceptors (Lipinski definition) is 5.